The summed E-state index contributed by atoms with van der Waals surface area (Å²) in [5.41, 5.74) is 0. The van der Waals surface area contributed by atoms with Gasteiger partial charge in [-0.2, -0.15) is 0 Å². The molecule has 0 aliphatic carbocycles. The Hall–Kier alpha value is 0.127. The Labute approximate surface area is 165 Å². The molecule has 1 atom stereocenters. The van der Waals surface area contributed by atoms with Gasteiger partial charge in [0.25, 0.3) is 7.82 Å². The minimum Gasteiger partial charge on any atom is -0.756 e. The summed E-state index contributed by atoms with van der Waals surface area (Å²) in [4.78, 5) is 11.6. The summed E-state index contributed by atoms with van der Waals surface area (Å²) < 4.78 is 44.6. The quantitative estimate of drug-likeness (QED) is 0.140. The third-order valence-electron chi connectivity index (χ3n) is 3.35. The van der Waals surface area contributed by atoms with Gasteiger partial charge < -0.3 is 36.4 Å². The molecule has 0 N–H and O–H groups in total. The molecular weight excluding hydrogens is 393 g/mol. The number of phosphoric acid groups is 1. The second-order valence-electron chi connectivity index (χ2n) is 6.83. The monoisotopic (exact) mass is 431 g/mol. The number of phosphoric ester groups is 1. The fourth-order valence-electron chi connectivity index (χ4n) is 2.17. The Morgan fingerprint density at radius 1 is 0.852 bits per heavy atom. The van der Waals surface area contributed by atoms with Crippen LogP contribution in [0.4, 0.5) is 0 Å². The molecule has 0 aliphatic heterocycles. The predicted octanol–water partition coefficient (Wildman–Crippen LogP) is 1.65. The van der Waals surface area contributed by atoms with Crippen LogP contribution in [0.3, 0.4) is 0 Å². The number of hydrogen-bond acceptors (Lipinski definition) is 8. The lowest BCUT2D eigenvalue weighted by atomic mass is 10.5. The molecule has 0 heterocycles. The third-order valence-corrected chi connectivity index (χ3v) is 7.50. The Morgan fingerprint density at radius 3 is 1.85 bits per heavy atom. The van der Waals surface area contributed by atoms with Crippen molar-refractivity contribution in [3.05, 3.63) is 0 Å². The van der Waals surface area contributed by atoms with Crippen LogP contribution in [0.25, 0.3) is 0 Å². The molecule has 0 spiro atoms. The Bertz CT molecular complexity index is 405. The van der Waals surface area contributed by atoms with Crippen molar-refractivity contribution in [3.63, 3.8) is 0 Å². The van der Waals surface area contributed by atoms with Crippen molar-refractivity contribution in [1.82, 2.24) is 0 Å². The van der Waals surface area contributed by atoms with Crippen molar-refractivity contribution in [2.24, 2.45) is 0 Å². The maximum absolute atomic E-state index is 11.6. The van der Waals surface area contributed by atoms with Crippen LogP contribution in [0.15, 0.2) is 0 Å². The summed E-state index contributed by atoms with van der Waals surface area (Å²) in [6.45, 7) is 8.54. The van der Waals surface area contributed by atoms with E-state index in [9.17, 15) is 9.46 Å². The van der Waals surface area contributed by atoms with E-state index in [0.717, 1.165) is 0 Å². The van der Waals surface area contributed by atoms with Gasteiger partial charge in [0.1, 0.15) is 13.2 Å². The molecule has 9 nitrogen and oxygen atoms in total. The van der Waals surface area contributed by atoms with E-state index >= 15 is 0 Å². The Balaban J connectivity index is 3.98. The summed E-state index contributed by atoms with van der Waals surface area (Å²) in [7, 11) is -1.08. The van der Waals surface area contributed by atoms with E-state index in [-0.39, 0.29) is 19.8 Å². The van der Waals surface area contributed by atoms with Gasteiger partial charge in [-0.15, -0.1) is 0 Å². The first-order valence-electron chi connectivity index (χ1n) is 9.50. The summed E-state index contributed by atoms with van der Waals surface area (Å²) in [5, 5.41) is 0. The van der Waals surface area contributed by atoms with E-state index in [1.54, 1.807) is 0 Å². The number of nitrogens with zero attached hydrogens (tertiary/aromatic N) is 1. The highest BCUT2D eigenvalue weighted by molar-refractivity contribution is 7.45. The molecule has 0 bridgehead atoms. The zero-order chi connectivity index (χ0) is 20.8. The van der Waals surface area contributed by atoms with Gasteiger partial charge in [-0.25, -0.2) is 0 Å². The number of likely N-dealkylation sites (N-methyl/N-ethyl adjacent to an activating group) is 1. The van der Waals surface area contributed by atoms with Crippen LogP contribution in [-0.4, -0.2) is 87.2 Å². The molecule has 164 valence electrons. The van der Waals surface area contributed by atoms with Gasteiger partial charge in [0.15, 0.2) is 0 Å². The largest absolute Gasteiger partial charge is 0.756 e. The second-order valence-corrected chi connectivity index (χ2v) is 11.0. The van der Waals surface area contributed by atoms with E-state index in [0.29, 0.717) is 49.9 Å². The normalized spacial score (nSPS) is 15.1. The average Bonchev–Trinajstić information content (AvgIpc) is 2.53. The fraction of sp³-hybridized carbons (Fsp3) is 1.00. The highest BCUT2D eigenvalue weighted by Gasteiger charge is 2.39. The van der Waals surface area contributed by atoms with E-state index in [2.05, 4.69) is 0 Å². The molecule has 11 heteroatoms. The summed E-state index contributed by atoms with van der Waals surface area (Å²) in [6.07, 6.45) is 0.696. The van der Waals surface area contributed by atoms with Crippen LogP contribution < -0.4 is 4.89 Å². The molecule has 0 rings (SSSR count). The first-order valence-corrected chi connectivity index (χ1v) is 12.9. The van der Waals surface area contributed by atoms with Crippen LogP contribution >= 0.6 is 7.82 Å². The number of rotatable bonds is 18. The highest BCUT2D eigenvalue weighted by Crippen LogP contribution is 2.37. The van der Waals surface area contributed by atoms with Crippen LogP contribution in [-0.2, 0) is 31.6 Å². The van der Waals surface area contributed by atoms with Gasteiger partial charge >= 0.3 is 8.80 Å². The number of quaternary nitrogens is 1. The van der Waals surface area contributed by atoms with Crippen LogP contribution in [0.5, 0.6) is 0 Å². The van der Waals surface area contributed by atoms with E-state index in [4.69, 9.17) is 27.1 Å². The first-order chi connectivity index (χ1) is 12.6. The lowest BCUT2D eigenvalue weighted by Gasteiger charge is -2.28. The van der Waals surface area contributed by atoms with Crippen molar-refractivity contribution in [2.45, 2.75) is 33.2 Å². The predicted molar refractivity (Wildman–Crippen MR) is 103 cm³/mol. The molecule has 0 aromatic carbocycles. The van der Waals surface area contributed by atoms with Crippen molar-refractivity contribution in [1.29, 1.82) is 0 Å². The van der Waals surface area contributed by atoms with E-state index in [1.165, 1.54) is 0 Å². The molecule has 0 saturated carbocycles. The molecule has 0 radical (unpaired) electrons. The summed E-state index contributed by atoms with van der Waals surface area (Å²) in [6, 6.07) is 0.650. The van der Waals surface area contributed by atoms with Crippen molar-refractivity contribution in [3.8, 4) is 0 Å². The molecular formula is C16H38NO8PSi. The van der Waals surface area contributed by atoms with Gasteiger partial charge in [0.05, 0.1) is 34.4 Å². The smallest absolute Gasteiger partial charge is 0.501 e. The van der Waals surface area contributed by atoms with E-state index < -0.39 is 16.6 Å². The molecule has 27 heavy (non-hydrogen) atoms. The molecule has 0 amide bonds. The summed E-state index contributed by atoms with van der Waals surface area (Å²) >= 11 is 0. The lowest BCUT2D eigenvalue weighted by molar-refractivity contribution is -0.870. The second kappa shape index (κ2) is 14.2. The molecule has 0 aliphatic rings. The molecule has 1 unspecified atom stereocenters. The van der Waals surface area contributed by atoms with Crippen molar-refractivity contribution < 1.29 is 41.0 Å². The molecule has 0 aromatic heterocycles. The van der Waals surface area contributed by atoms with Gasteiger partial charge in [-0.1, -0.05) is 0 Å². The van der Waals surface area contributed by atoms with Crippen LogP contribution in [0.2, 0.25) is 6.04 Å². The third kappa shape index (κ3) is 14.7. The zero-order valence-electron chi connectivity index (χ0n) is 17.7. The Kier molecular flexibility index (Phi) is 14.2. The minimum atomic E-state index is -4.28. The van der Waals surface area contributed by atoms with Gasteiger partial charge in [0.2, 0.25) is 0 Å². The van der Waals surface area contributed by atoms with Crippen LogP contribution in [0.1, 0.15) is 27.2 Å². The standard InChI is InChI=1S/C16H38NO8PSi/c1-7-23-27(24-8-2,25-9-3)16-10-12-20-14-15-22-26(18,19)21-13-11-17(4,5)6/h7-16H2,1-6H3. The van der Waals surface area contributed by atoms with Crippen molar-refractivity contribution >= 4 is 16.6 Å². The van der Waals surface area contributed by atoms with Crippen molar-refractivity contribution in [2.75, 3.05) is 73.9 Å². The van der Waals surface area contributed by atoms with E-state index in [1.807, 2.05) is 41.9 Å². The van der Waals surface area contributed by atoms with Crippen LogP contribution in [0, 0.1) is 0 Å². The first kappa shape index (κ1) is 27.1. The maximum Gasteiger partial charge on any atom is 0.501 e. The lowest BCUT2D eigenvalue weighted by Crippen LogP contribution is -2.46. The number of ether oxygens (including phenoxy) is 1. The Morgan fingerprint density at radius 2 is 1.37 bits per heavy atom. The van der Waals surface area contributed by atoms with Gasteiger partial charge in [-0.3, -0.25) is 4.57 Å². The molecule has 0 aromatic rings. The average molecular weight is 432 g/mol. The number of hydrogen-bond donors (Lipinski definition) is 0. The fourth-order valence-corrected chi connectivity index (χ4v) is 5.42. The van der Waals surface area contributed by atoms with Gasteiger partial charge in [-0.05, 0) is 27.2 Å². The highest BCUT2D eigenvalue weighted by atomic mass is 31.2. The minimum absolute atomic E-state index is 0.0733. The maximum atomic E-state index is 11.6. The molecule has 0 fully saturated rings. The molecule has 0 saturated heterocycles. The summed E-state index contributed by atoms with van der Waals surface area (Å²) in [5.74, 6) is 0. The zero-order valence-corrected chi connectivity index (χ0v) is 19.6. The SMILES string of the molecule is CCO[Si](CCCOCCOP(=O)([O-])OCC[N+](C)(C)C)(OCC)OCC. The van der Waals surface area contributed by atoms with Gasteiger partial charge in [0, 0.05) is 32.5 Å². The topological polar surface area (TPSA) is 95.5 Å².